The van der Waals surface area contributed by atoms with Crippen LogP contribution in [0.2, 0.25) is 0 Å². The molecule has 1 aromatic carbocycles. The molecule has 0 atom stereocenters. The van der Waals surface area contributed by atoms with E-state index in [1.807, 2.05) is 24.6 Å². The second-order valence-corrected chi connectivity index (χ2v) is 6.12. The highest BCUT2D eigenvalue weighted by Crippen LogP contribution is 2.22. The van der Waals surface area contributed by atoms with E-state index in [0.717, 1.165) is 4.47 Å². The summed E-state index contributed by atoms with van der Waals surface area (Å²) < 4.78 is 7.79. The Hall–Kier alpha value is -2.28. The molecule has 2 aromatic rings. The summed E-state index contributed by atoms with van der Waals surface area (Å²) in [6, 6.07) is 8.50. The van der Waals surface area contributed by atoms with Crippen LogP contribution in [-0.2, 0) is 4.79 Å². The minimum Gasteiger partial charge on any atom is -0.482 e. The molecule has 0 spiro atoms. The SMILES string of the molecule is CC(C)n1cc(Br)cc1C(=O)Nc1cccc(OCC(=O)O)c1. The number of nitrogens with zero attached hydrogens (tertiary/aromatic N) is 1. The smallest absolute Gasteiger partial charge is 0.341 e. The Balaban J connectivity index is 2.14. The van der Waals surface area contributed by atoms with Gasteiger partial charge in [-0.15, -0.1) is 0 Å². The molecule has 2 N–H and O–H groups in total. The van der Waals surface area contributed by atoms with Crippen molar-refractivity contribution in [3.63, 3.8) is 0 Å². The molecule has 6 nitrogen and oxygen atoms in total. The number of anilines is 1. The van der Waals surface area contributed by atoms with Crippen LogP contribution >= 0.6 is 15.9 Å². The fraction of sp³-hybridized carbons (Fsp3) is 0.250. The highest BCUT2D eigenvalue weighted by molar-refractivity contribution is 9.10. The second-order valence-electron chi connectivity index (χ2n) is 5.21. The molecule has 0 unspecified atom stereocenters. The zero-order valence-corrected chi connectivity index (χ0v) is 14.3. The van der Waals surface area contributed by atoms with Gasteiger partial charge in [-0.05, 0) is 48.0 Å². The van der Waals surface area contributed by atoms with Crippen molar-refractivity contribution < 1.29 is 19.4 Å². The highest BCUT2D eigenvalue weighted by atomic mass is 79.9. The lowest BCUT2D eigenvalue weighted by Gasteiger charge is -2.13. The van der Waals surface area contributed by atoms with Crippen LogP contribution in [0.4, 0.5) is 5.69 Å². The van der Waals surface area contributed by atoms with Crippen LogP contribution in [0.5, 0.6) is 5.75 Å². The third-order valence-electron chi connectivity index (χ3n) is 3.06. The maximum absolute atomic E-state index is 12.4. The lowest BCUT2D eigenvalue weighted by atomic mass is 10.2. The predicted molar refractivity (Wildman–Crippen MR) is 90.0 cm³/mol. The van der Waals surface area contributed by atoms with Gasteiger partial charge in [-0.25, -0.2) is 4.79 Å². The Kier molecular flexibility index (Phi) is 5.44. The summed E-state index contributed by atoms with van der Waals surface area (Å²) in [5.74, 6) is -0.926. The van der Waals surface area contributed by atoms with Crippen molar-refractivity contribution in [2.24, 2.45) is 0 Å². The Bertz CT molecular complexity index is 725. The highest BCUT2D eigenvalue weighted by Gasteiger charge is 2.15. The summed E-state index contributed by atoms with van der Waals surface area (Å²) >= 11 is 3.37. The molecule has 0 aliphatic rings. The van der Waals surface area contributed by atoms with Crippen molar-refractivity contribution in [3.8, 4) is 5.75 Å². The quantitative estimate of drug-likeness (QED) is 0.802. The molecule has 0 bridgehead atoms. The number of rotatable bonds is 6. The molecular formula is C16H17BrN2O4. The summed E-state index contributed by atoms with van der Waals surface area (Å²) in [7, 11) is 0. The summed E-state index contributed by atoms with van der Waals surface area (Å²) in [5, 5.41) is 11.4. The number of aliphatic carboxylic acids is 1. The van der Waals surface area contributed by atoms with Gasteiger partial charge in [0.05, 0.1) is 0 Å². The number of aromatic nitrogens is 1. The molecule has 0 fully saturated rings. The number of nitrogens with one attached hydrogen (secondary N) is 1. The Labute approximate surface area is 142 Å². The monoisotopic (exact) mass is 380 g/mol. The summed E-state index contributed by atoms with van der Waals surface area (Å²) in [6.07, 6.45) is 1.85. The van der Waals surface area contributed by atoms with Crippen molar-refractivity contribution in [3.05, 3.63) is 46.7 Å². The van der Waals surface area contributed by atoms with Crippen molar-refractivity contribution in [2.45, 2.75) is 19.9 Å². The van der Waals surface area contributed by atoms with Crippen LogP contribution in [0.1, 0.15) is 30.4 Å². The van der Waals surface area contributed by atoms with Crippen LogP contribution < -0.4 is 10.1 Å². The number of amides is 1. The van der Waals surface area contributed by atoms with E-state index in [1.165, 1.54) is 0 Å². The topological polar surface area (TPSA) is 80.6 Å². The molecule has 122 valence electrons. The van der Waals surface area contributed by atoms with Crippen LogP contribution in [0.25, 0.3) is 0 Å². The number of carbonyl (C=O) groups excluding carboxylic acids is 1. The van der Waals surface area contributed by atoms with Crippen molar-refractivity contribution in [1.82, 2.24) is 4.57 Å². The van der Waals surface area contributed by atoms with Crippen LogP contribution in [0.3, 0.4) is 0 Å². The Morgan fingerprint density at radius 2 is 2.09 bits per heavy atom. The maximum Gasteiger partial charge on any atom is 0.341 e. The van der Waals surface area contributed by atoms with E-state index in [2.05, 4.69) is 21.2 Å². The van der Waals surface area contributed by atoms with E-state index in [4.69, 9.17) is 9.84 Å². The molecule has 1 heterocycles. The molecule has 0 aliphatic heterocycles. The number of halogens is 1. The van der Waals surface area contributed by atoms with Gasteiger partial charge in [0.2, 0.25) is 0 Å². The number of benzene rings is 1. The third-order valence-corrected chi connectivity index (χ3v) is 3.49. The van der Waals surface area contributed by atoms with Gasteiger partial charge >= 0.3 is 5.97 Å². The second kappa shape index (κ2) is 7.32. The minimum atomic E-state index is -1.06. The molecule has 0 radical (unpaired) electrons. The lowest BCUT2D eigenvalue weighted by Crippen LogP contribution is -2.17. The molecule has 1 amide bonds. The number of hydrogen-bond acceptors (Lipinski definition) is 3. The predicted octanol–water partition coefficient (Wildman–Crippen LogP) is 3.55. The van der Waals surface area contributed by atoms with E-state index in [9.17, 15) is 9.59 Å². The van der Waals surface area contributed by atoms with Crippen LogP contribution in [-0.4, -0.2) is 28.2 Å². The molecule has 0 saturated heterocycles. The maximum atomic E-state index is 12.4. The fourth-order valence-corrected chi connectivity index (χ4v) is 2.50. The first-order valence-electron chi connectivity index (χ1n) is 7.00. The molecule has 2 rings (SSSR count). The molecule has 0 saturated carbocycles. The molecule has 23 heavy (non-hydrogen) atoms. The van der Waals surface area contributed by atoms with Gasteiger partial charge in [0.15, 0.2) is 6.61 Å². The number of hydrogen-bond donors (Lipinski definition) is 2. The normalized spacial score (nSPS) is 10.6. The first-order valence-corrected chi connectivity index (χ1v) is 7.79. The van der Waals surface area contributed by atoms with Gasteiger partial charge in [-0.3, -0.25) is 4.79 Å². The summed E-state index contributed by atoms with van der Waals surface area (Å²) in [4.78, 5) is 23.0. The molecule has 1 aromatic heterocycles. The van der Waals surface area contributed by atoms with Gasteiger partial charge in [-0.2, -0.15) is 0 Å². The average molecular weight is 381 g/mol. The van der Waals surface area contributed by atoms with E-state index in [1.54, 1.807) is 30.3 Å². The first-order chi connectivity index (χ1) is 10.9. The zero-order chi connectivity index (χ0) is 17.0. The first kappa shape index (κ1) is 17.1. The van der Waals surface area contributed by atoms with Gasteiger partial charge < -0.3 is 19.7 Å². The Morgan fingerprint density at radius 3 is 2.74 bits per heavy atom. The van der Waals surface area contributed by atoms with E-state index in [0.29, 0.717) is 17.1 Å². The van der Waals surface area contributed by atoms with Crippen molar-refractivity contribution in [2.75, 3.05) is 11.9 Å². The number of ether oxygens (including phenoxy) is 1. The number of carbonyl (C=O) groups is 2. The van der Waals surface area contributed by atoms with Gasteiger partial charge in [0.25, 0.3) is 5.91 Å². The summed E-state index contributed by atoms with van der Waals surface area (Å²) in [6.45, 7) is 3.55. The van der Waals surface area contributed by atoms with Crippen LogP contribution in [0.15, 0.2) is 41.0 Å². The molecule has 0 aliphatic carbocycles. The largest absolute Gasteiger partial charge is 0.482 e. The third kappa shape index (κ3) is 4.59. The fourth-order valence-electron chi connectivity index (χ4n) is 2.06. The Morgan fingerprint density at radius 1 is 1.35 bits per heavy atom. The average Bonchev–Trinajstić information content (AvgIpc) is 2.88. The van der Waals surface area contributed by atoms with Crippen molar-refractivity contribution in [1.29, 1.82) is 0 Å². The number of carboxylic acid groups (broad SMARTS) is 1. The van der Waals surface area contributed by atoms with Crippen molar-refractivity contribution >= 4 is 33.5 Å². The zero-order valence-electron chi connectivity index (χ0n) is 12.7. The number of carboxylic acids is 1. The van der Waals surface area contributed by atoms with Gasteiger partial charge in [0, 0.05) is 28.5 Å². The molecule has 7 heteroatoms. The minimum absolute atomic E-state index is 0.146. The summed E-state index contributed by atoms with van der Waals surface area (Å²) in [5.41, 5.74) is 1.06. The molecular weight excluding hydrogens is 364 g/mol. The van der Waals surface area contributed by atoms with Gasteiger partial charge in [0.1, 0.15) is 11.4 Å². The van der Waals surface area contributed by atoms with E-state index in [-0.39, 0.29) is 11.9 Å². The van der Waals surface area contributed by atoms with Gasteiger partial charge in [-0.1, -0.05) is 6.07 Å². The van der Waals surface area contributed by atoms with E-state index >= 15 is 0 Å². The van der Waals surface area contributed by atoms with Crippen LogP contribution in [0, 0.1) is 0 Å². The lowest BCUT2D eigenvalue weighted by molar-refractivity contribution is -0.139. The van der Waals surface area contributed by atoms with E-state index < -0.39 is 12.6 Å². The standard InChI is InChI=1S/C16H17BrN2O4/c1-10(2)19-8-11(17)6-14(19)16(22)18-12-4-3-5-13(7-12)23-9-15(20)21/h3-8,10H,9H2,1-2H3,(H,18,22)(H,20,21).